The van der Waals surface area contributed by atoms with Gasteiger partial charge in [-0.3, -0.25) is 9.10 Å². The molecule has 3 rings (SSSR count). The molecule has 3 aromatic rings. The number of ether oxygens (including phenoxy) is 2. The Morgan fingerprint density at radius 1 is 0.939 bits per heavy atom. The Bertz CT molecular complexity index is 1150. The lowest BCUT2D eigenvalue weighted by Gasteiger charge is -2.25. The zero-order valence-corrected chi connectivity index (χ0v) is 19.7. The highest BCUT2D eigenvalue weighted by Crippen LogP contribution is 2.25. The number of carbonyl (C=O) groups is 1. The van der Waals surface area contributed by atoms with Crippen LogP contribution in [0.1, 0.15) is 12.5 Å². The van der Waals surface area contributed by atoms with Gasteiger partial charge in [0, 0.05) is 0 Å². The Morgan fingerprint density at radius 3 is 2.15 bits per heavy atom. The summed E-state index contributed by atoms with van der Waals surface area (Å²) < 4.78 is 38.6. The summed E-state index contributed by atoms with van der Waals surface area (Å²) in [5.41, 5.74) is 1.49. The van der Waals surface area contributed by atoms with E-state index in [1.165, 1.54) is 19.2 Å². The molecule has 0 heterocycles. The van der Waals surface area contributed by atoms with Crippen LogP contribution in [0.5, 0.6) is 11.5 Å². The van der Waals surface area contributed by atoms with Gasteiger partial charge >= 0.3 is 0 Å². The van der Waals surface area contributed by atoms with Crippen LogP contribution >= 0.6 is 0 Å². The summed E-state index contributed by atoms with van der Waals surface area (Å²) in [5, 5.41) is 2.81. The molecule has 8 heteroatoms. The second-order valence-corrected chi connectivity index (χ2v) is 9.48. The third-order valence-electron chi connectivity index (χ3n) is 4.91. The number of methoxy groups -OCH3 is 1. The molecule has 174 valence electrons. The van der Waals surface area contributed by atoms with Crippen LogP contribution in [0, 0.1) is 6.92 Å². The van der Waals surface area contributed by atoms with Crippen molar-refractivity contribution in [2.45, 2.75) is 24.8 Å². The predicted octanol–water partition coefficient (Wildman–Crippen LogP) is 3.78. The largest absolute Gasteiger partial charge is 0.497 e. The Balaban J connectivity index is 1.73. The summed E-state index contributed by atoms with van der Waals surface area (Å²) in [6, 6.07) is 21.8. The molecular weight excluding hydrogens is 440 g/mol. The molecule has 1 N–H and O–H groups in total. The van der Waals surface area contributed by atoms with Crippen LogP contribution in [0.15, 0.2) is 83.8 Å². The fraction of sp³-hybridized carbons (Fsp3) is 0.240. The number of nitrogens with one attached hydrogen (secondary N) is 1. The Labute approximate surface area is 195 Å². The molecule has 1 unspecified atom stereocenters. The number of aryl methyl sites for hydroxylation is 1. The smallest absolute Gasteiger partial charge is 0.264 e. The van der Waals surface area contributed by atoms with Crippen molar-refractivity contribution in [3.05, 3.63) is 84.4 Å². The maximum atomic E-state index is 13.3. The van der Waals surface area contributed by atoms with E-state index < -0.39 is 15.9 Å². The highest BCUT2D eigenvalue weighted by atomic mass is 32.2. The fourth-order valence-corrected chi connectivity index (χ4v) is 4.57. The van der Waals surface area contributed by atoms with Crippen molar-refractivity contribution >= 4 is 21.6 Å². The first-order chi connectivity index (χ1) is 15.8. The molecule has 0 radical (unpaired) electrons. The van der Waals surface area contributed by atoms with Gasteiger partial charge in [0.05, 0.1) is 23.7 Å². The molecule has 1 amide bonds. The van der Waals surface area contributed by atoms with Gasteiger partial charge in [-0.05, 0) is 62.4 Å². The Kier molecular flexibility index (Phi) is 7.95. The van der Waals surface area contributed by atoms with Crippen LogP contribution in [0.2, 0.25) is 0 Å². The molecular formula is C25H28N2O5S. The number of anilines is 1. The average Bonchev–Trinajstić information content (AvgIpc) is 2.83. The van der Waals surface area contributed by atoms with E-state index in [0.717, 1.165) is 9.87 Å². The Hall–Kier alpha value is -3.52. The first kappa shape index (κ1) is 24.1. The van der Waals surface area contributed by atoms with E-state index in [0.29, 0.717) is 17.2 Å². The number of sulfonamides is 1. The lowest BCUT2D eigenvalue weighted by atomic mass is 10.2. The third kappa shape index (κ3) is 6.49. The van der Waals surface area contributed by atoms with E-state index in [9.17, 15) is 13.2 Å². The normalized spacial score (nSPS) is 12.0. The lowest BCUT2D eigenvalue weighted by Crippen LogP contribution is -2.45. The van der Waals surface area contributed by atoms with Crippen molar-refractivity contribution in [2.75, 3.05) is 24.6 Å². The summed E-state index contributed by atoms with van der Waals surface area (Å²) in [6.45, 7) is 3.67. The maximum Gasteiger partial charge on any atom is 0.264 e. The highest BCUT2D eigenvalue weighted by Gasteiger charge is 2.27. The highest BCUT2D eigenvalue weighted by molar-refractivity contribution is 7.92. The van der Waals surface area contributed by atoms with Crippen LogP contribution in [0.25, 0.3) is 0 Å². The second-order valence-electron chi connectivity index (χ2n) is 7.62. The number of amides is 1. The maximum absolute atomic E-state index is 13.3. The monoisotopic (exact) mass is 468 g/mol. The molecule has 0 fully saturated rings. The molecule has 0 spiro atoms. The van der Waals surface area contributed by atoms with Gasteiger partial charge in [-0.2, -0.15) is 0 Å². The minimum absolute atomic E-state index is 0.101. The molecule has 0 saturated heterocycles. The van der Waals surface area contributed by atoms with Crippen molar-refractivity contribution < 1.29 is 22.7 Å². The van der Waals surface area contributed by atoms with Gasteiger partial charge in [-0.25, -0.2) is 8.42 Å². The van der Waals surface area contributed by atoms with Gasteiger partial charge in [0.15, 0.2) is 0 Å². The van der Waals surface area contributed by atoms with Crippen molar-refractivity contribution in [1.82, 2.24) is 5.32 Å². The van der Waals surface area contributed by atoms with E-state index in [1.807, 2.05) is 31.2 Å². The summed E-state index contributed by atoms with van der Waals surface area (Å²) in [6.07, 6.45) is 0. The van der Waals surface area contributed by atoms with Crippen LogP contribution < -0.4 is 19.1 Å². The van der Waals surface area contributed by atoms with Gasteiger partial charge in [-0.15, -0.1) is 0 Å². The van der Waals surface area contributed by atoms with Crippen LogP contribution in [0.4, 0.5) is 5.69 Å². The van der Waals surface area contributed by atoms with Crippen molar-refractivity contribution in [3.63, 3.8) is 0 Å². The van der Waals surface area contributed by atoms with E-state index in [-0.39, 0.29) is 24.1 Å². The summed E-state index contributed by atoms with van der Waals surface area (Å²) >= 11 is 0. The molecule has 3 aromatic carbocycles. The van der Waals surface area contributed by atoms with Gasteiger partial charge in [-0.1, -0.05) is 35.9 Å². The quantitative estimate of drug-likeness (QED) is 0.490. The van der Waals surface area contributed by atoms with Crippen molar-refractivity contribution in [3.8, 4) is 11.5 Å². The minimum atomic E-state index is -3.96. The zero-order chi connectivity index (χ0) is 23.8. The zero-order valence-electron chi connectivity index (χ0n) is 18.9. The molecule has 7 nitrogen and oxygen atoms in total. The van der Waals surface area contributed by atoms with Crippen LogP contribution in [-0.4, -0.2) is 40.6 Å². The number of carbonyl (C=O) groups excluding carboxylic acids is 1. The predicted molar refractivity (Wildman–Crippen MR) is 128 cm³/mol. The number of hydrogen-bond acceptors (Lipinski definition) is 5. The minimum Gasteiger partial charge on any atom is -0.497 e. The molecule has 0 aromatic heterocycles. The summed E-state index contributed by atoms with van der Waals surface area (Å²) in [4.78, 5) is 12.9. The number of benzene rings is 3. The molecule has 0 aliphatic rings. The van der Waals surface area contributed by atoms with Gasteiger partial charge in [0.25, 0.3) is 10.0 Å². The van der Waals surface area contributed by atoms with Crippen LogP contribution in [-0.2, 0) is 14.8 Å². The molecule has 0 saturated carbocycles. The number of rotatable bonds is 10. The van der Waals surface area contributed by atoms with E-state index in [2.05, 4.69) is 5.32 Å². The second kappa shape index (κ2) is 10.9. The molecule has 0 bridgehead atoms. The average molecular weight is 469 g/mol. The van der Waals surface area contributed by atoms with Crippen molar-refractivity contribution in [2.24, 2.45) is 0 Å². The molecule has 1 atom stereocenters. The van der Waals surface area contributed by atoms with Crippen molar-refractivity contribution in [1.29, 1.82) is 0 Å². The number of nitrogens with zero attached hydrogens (tertiary/aromatic N) is 1. The third-order valence-corrected chi connectivity index (χ3v) is 6.70. The summed E-state index contributed by atoms with van der Waals surface area (Å²) in [7, 11) is -2.43. The van der Waals surface area contributed by atoms with E-state index >= 15 is 0 Å². The Morgan fingerprint density at radius 2 is 1.55 bits per heavy atom. The first-order valence-electron chi connectivity index (χ1n) is 10.5. The van der Waals surface area contributed by atoms with E-state index in [1.54, 1.807) is 49.4 Å². The fourth-order valence-electron chi connectivity index (χ4n) is 3.13. The number of hydrogen-bond donors (Lipinski definition) is 1. The molecule has 33 heavy (non-hydrogen) atoms. The van der Waals surface area contributed by atoms with Gasteiger partial charge in [0.2, 0.25) is 5.91 Å². The van der Waals surface area contributed by atoms with Gasteiger partial charge < -0.3 is 14.8 Å². The molecule has 0 aliphatic carbocycles. The standard InChI is InChI=1S/C25H28N2O5S/c1-19-9-13-23(14-10-19)32-18-20(2)26-25(28)17-27(21-11-15-22(31-3)16-12-21)33(29,30)24-7-5-4-6-8-24/h4-16,20H,17-18H2,1-3H3,(H,26,28). The first-order valence-corrected chi connectivity index (χ1v) is 11.9. The van der Waals surface area contributed by atoms with E-state index in [4.69, 9.17) is 9.47 Å². The topological polar surface area (TPSA) is 84.9 Å². The SMILES string of the molecule is COc1ccc(N(CC(=O)NC(C)COc2ccc(C)cc2)S(=O)(=O)c2ccccc2)cc1. The molecule has 0 aliphatic heterocycles. The van der Waals surface area contributed by atoms with Crippen LogP contribution in [0.3, 0.4) is 0 Å². The van der Waals surface area contributed by atoms with Gasteiger partial charge in [0.1, 0.15) is 24.7 Å². The summed E-state index contributed by atoms with van der Waals surface area (Å²) in [5.74, 6) is 0.848. The lowest BCUT2D eigenvalue weighted by molar-refractivity contribution is -0.120.